The molecule has 1 heterocycles. The molecule has 4 heteroatoms. The Hall–Kier alpha value is -1.29. The Labute approximate surface area is 144 Å². The van der Waals surface area contributed by atoms with E-state index >= 15 is 0 Å². The number of nitrogens with two attached hydrogens (primary N) is 1. The quantitative estimate of drug-likeness (QED) is 0.734. The summed E-state index contributed by atoms with van der Waals surface area (Å²) in [6.07, 6.45) is 3.29. The number of halogens is 2. The maximum atomic E-state index is 6.17. The summed E-state index contributed by atoms with van der Waals surface area (Å²) in [7, 11) is 2.14. The van der Waals surface area contributed by atoms with Gasteiger partial charge in [0.05, 0.1) is 6.04 Å². The molecule has 22 heavy (non-hydrogen) atoms. The summed E-state index contributed by atoms with van der Waals surface area (Å²) in [5.74, 6) is 0. The highest BCUT2D eigenvalue weighted by molar-refractivity contribution is 9.10. The molecule has 1 aliphatic heterocycles. The van der Waals surface area contributed by atoms with Crippen LogP contribution in [0.5, 0.6) is 0 Å². The predicted octanol–water partition coefficient (Wildman–Crippen LogP) is 5.14. The first-order valence-electron chi connectivity index (χ1n) is 7.26. The van der Waals surface area contributed by atoms with Crippen LogP contribution in [0.2, 0.25) is 5.02 Å². The fourth-order valence-corrected chi connectivity index (χ4v) is 3.47. The summed E-state index contributed by atoms with van der Waals surface area (Å²) in [5, 5.41) is 0.772. The van der Waals surface area contributed by atoms with Gasteiger partial charge in [-0.05, 0) is 54.9 Å². The van der Waals surface area contributed by atoms with Gasteiger partial charge in [-0.25, -0.2) is 0 Å². The zero-order chi connectivity index (χ0) is 15.7. The standard InChI is InChI=1S/C18H18BrClN2/c1-22-8-7-12(16-11-14(19)5-6-17(16)21)10-18(22)13-3-2-4-15(20)9-13/h2-6,9-11,18H,7-8,21H2,1H3. The van der Waals surface area contributed by atoms with Gasteiger partial charge in [-0.2, -0.15) is 0 Å². The molecule has 0 saturated carbocycles. The summed E-state index contributed by atoms with van der Waals surface area (Å²) >= 11 is 9.68. The Morgan fingerprint density at radius 2 is 2.05 bits per heavy atom. The monoisotopic (exact) mass is 376 g/mol. The Bertz CT molecular complexity index is 727. The Kier molecular flexibility index (Phi) is 4.57. The summed E-state index contributed by atoms with van der Waals surface area (Å²) < 4.78 is 1.05. The van der Waals surface area contributed by atoms with Crippen molar-refractivity contribution in [3.05, 3.63) is 69.2 Å². The average molecular weight is 378 g/mol. The smallest absolute Gasteiger partial charge is 0.0535 e. The fraction of sp³-hybridized carbons (Fsp3) is 0.222. The van der Waals surface area contributed by atoms with E-state index in [-0.39, 0.29) is 6.04 Å². The summed E-state index contributed by atoms with van der Waals surface area (Å²) in [6, 6.07) is 14.3. The number of anilines is 1. The minimum absolute atomic E-state index is 0.223. The Morgan fingerprint density at radius 1 is 1.23 bits per heavy atom. The summed E-state index contributed by atoms with van der Waals surface area (Å²) in [4.78, 5) is 2.34. The van der Waals surface area contributed by atoms with Crippen LogP contribution in [0.4, 0.5) is 5.69 Å². The van der Waals surface area contributed by atoms with E-state index in [1.54, 1.807) is 0 Å². The molecule has 0 aromatic heterocycles. The maximum absolute atomic E-state index is 6.17. The van der Waals surface area contributed by atoms with Crippen molar-refractivity contribution in [3.8, 4) is 0 Å². The number of hydrogen-bond donors (Lipinski definition) is 1. The SMILES string of the molecule is CN1CCC(c2cc(Br)ccc2N)=CC1c1cccc(Cl)c1. The second-order valence-electron chi connectivity index (χ2n) is 5.65. The van der Waals surface area contributed by atoms with Crippen molar-refractivity contribution >= 4 is 38.8 Å². The lowest BCUT2D eigenvalue weighted by Gasteiger charge is -2.32. The maximum Gasteiger partial charge on any atom is 0.0535 e. The molecule has 3 rings (SSSR count). The first-order valence-corrected chi connectivity index (χ1v) is 8.43. The second-order valence-corrected chi connectivity index (χ2v) is 7.01. The molecule has 0 saturated heterocycles. The molecule has 2 aromatic carbocycles. The molecule has 1 atom stereocenters. The largest absolute Gasteiger partial charge is 0.398 e. The van der Waals surface area contributed by atoms with Gasteiger partial charge in [0, 0.05) is 27.3 Å². The van der Waals surface area contributed by atoms with Crippen molar-refractivity contribution in [2.75, 3.05) is 19.3 Å². The lowest BCUT2D eigenvalue weighted by molar-refractivity contribution is 0.283. The molecule has 114 valence electrons. The Morgan fingerprint density at radius 3 is 2.82 bits per heavy atom. The van der Waals surface area contributed by atoms with E-state index in [0.717, 1.165) is 33.7 Å². The van der Waals surface area contributed by atoms with Crippen molar-refractivity contribution < 1.29 is 0 Å². The van der Waals surface area contributed by atoms with E-state index in [1.165, 1.54) is 11.1 Å². The molecular formula is C18H18BrClN2. The number of nitrogens with zero attached hydrogens (tertiary/aromatic N) is 1. The van der Waals surface area contributed by atoms with Gasteiger partial charge in [0.2, 0.25) is 0 Å². The van der Waals surface area contributed by atoms with Gasteiger partial charge in [0.1, 0.15) is 0 Å². The van der Waals surface area contributed by atoms with Crippen molar-refractivity contribution in [2.45, 2.75) is 12.5 Å². The number of likely N-dealkylation sites (N-methyl/N-ethyl adjacent to an activating group) is 1. The molecule has 0 aliphatic carbocycles. The molecule has 0 radical (unpaired) electrons. The number of benzene rings is 2. The molecule has 0 fully saturated rings. The normalized spacial score (nSPS) is 19.0. The van der Waals surface area contributed by atoms with Gasteiger partial charge < -0.3 is 5.73 Å². The van der Waals surface area contributed by atoms with Gasteiger partial charge in [-0.3, -0.25) is 4.90 Å². The minimum atomic E-state index is 0.223. The van der Waals surface area contributed by atoms with Gasteiger partial charge in [0.15, 0.2) is 0 Å². The Balaban J connectivity index is 2.02. The lowest BCUT2D eigenvalue weighted by Crippen LogP contribution is -2.28. The predicted molar refractivity (Wildman–Crippen MR) is 98.0 cm³/mol. The minimum Gasteiger partial charge on any atom is -0.398 e. The molecule has 1 unspecified atom stereocenters. The van der Waals surface area contributed by atoms with Crippen LogP contribution in [0.1, 0.15) is 23.6 Å². The molecule has 0 spiro atoms. The van der Waals surface area contributed by atoms with E-state index in [0.29, 0.717) is 0 Å². The van der Waals surface area contributed by atoms with Crippen LogP contribution in [0.3, 0.4) is 0 Å². The fourth-order valence-electron chi connectivity index (χ4n) is 2.91. The van der Waals surface area contributed by atoms with E-state index in [1.807, 2.05) is 30.3 Å². The zero-order valence-corrected chi connectivity index (χ0v) is 14.7. The van der Waals surface area contributed by atoms with Gasteiger partial charge in [0.25, 0.3) is 0 Å². The summed E-state index contributed by atoms with van der Waals surface area (Å²) in [6.45, 7) is 0.995. The van der Waals surface area contributed by atoms with E-state index in [2.05, 4.69) is 46.1 Å². The summed E-state index contributed by atoms with van der Waals surface area (Å²) in [5.41, 5.74) is 10.6. The molecule has 2 N–H and O–H groups in total. The number of nitrogen functional groups attached to an aromatic ring is 1. The van der Waals surface area contributed by atoms with E-state index in [4.69, 9.17) is 17.3 Å². The lowest BCUT2D eigenvalue weighted by atomic mass is 9.92. The third-order valence-corrected chi connectivity index (χ3v) is 4.85. The topological polar surface area (TPSA) is 29.3 Å². The van der Waals surface area contributed by atoms with Crippen LogP contribution in [-0.2, 0) is 0 Å². The number of hydrogen-bond acceptors (Lipinski definition) is 2. The van der Waals surface area contributed by atoms with Crippen molar-refractivity contribution in [1.82, 2.24) is 4.90 Å². The molecule has 2 nitrogen and oxygen atoms in total. The van der Waals surface area contributed by atoms with E-state index in [9.17, 15) is 0 Å². The van der Waals surface area contributed by atoms with Gasteiger partial charge >= 0.3 is 0 Å². The number of rotatable bonds is 2. The van der Waals surface area contributed by atoms with Crippen molar-refractivity contribution in [2.24, 2.45) is 0 Å². The highest BCUT2D eigenvalue weighted by Crippen LogP contribution is 2.36. The molecule has 0 amide bonds. The van der Waals surface area contributed by atoms with Crippen LogP contribution in [-0.4, -0.2) is 18.5 Å². The third-order valence-electron chi connectivity index (χ3n) is 4.12. The van der Waals surface area contributed by atoms with E-state index < -0.39 is 0 Å². The molecule has 0 bridgehead atoms. The zero-order valence-electron chi connectivity index (χ0n) is 12.4. The second kappa shape index (κ2) is 6.45. The van der Waals surface area contributed by atoms with Crippen LogP contribution in [0.25, 0.3) is 5.57 Å². The van der Waals surface area contributed by atoms with Gasteiger partial charge in [-0.15, -0.1) is 0 Å². The molecular weight excluding hydrogens is 360 g/mol. The van der Waals surface area contributed by atoms with Gasteiger partial charge in [-0.1, -0.05) is 45.7 Å². The molecule has 2 aromatic rings. The van der Waals surface area contributed by atoms with Crippen LogP contribution in [0, 0.1) is 0 Å². The van der Waals surface area contributed by atoms with Crippen molar-refractivity contribution in [1.29, 1.82) is 0 Å². The first-order chi connectivity index (χ1) is 10.5. The average Bonchev–Trinajstić information content (AvgIpc) is 2.50. The third kappa shape index (κ3) is 3.22. The van der Waals surface area contributed by atoms with Crippen molar-refractivity contribution in [3.63, 3.8) is 0 Å². The van der Waals surface area contributed by atoms with Crippen LogP contribution < -0.4 is 5.73 Å². The molecule has 1 aliphatic rings. The van der Waals surface area contributed by atoms with Crippen LogP contribution >= 0.6 is 27.5 Å². The highest BCUT2D eigenvalue weighted by Gasteiger charge is 2.22. The van der Waals surface area contributed by atoms with Crippen LogP contribution in [0.15, 0.2) is 53.0 Å². The first kappa shape index (κ1) is 15.6. The highest BCUT2D eigenvalue weighted by atomic mass is 79.9.